The molecule has 0 aliphatic carbocycles. The van der Waals surface area contributed by atoms with Crippen molar-refractivity contribution in [2.45, 2.75) is 31.6 Å². The van der Waals surface area contributed by atoms with Crippen molar-refractivity contribution in [1.29, 1.82) is 0 Å². The fourth-order valence-electron chi connectivity index (χ4n) is 4.90. The largest absolute Gasteiger partial charge is 0.449 e. The van der Waals surface area contributed by atoms with Crippen molar-refractivity contribution in [2.75, 3.05) is 5.32 Å². The van der Waals surface area contributed by atoms with Crippen LogP contribution in [-0.4, -0.2) is 37.7 Å². The van der Waals surface area contributed by atoms with Gasteiger partial charge in [0.15, 0.2) is 5.78 Å². The molecule has 12 heteroatoms. The lowest BCUT2D eigenvalue weighted by Crippen LogP contribution is -2.19. The predicted molar refractivity (Wildman–Crippen MR) is 143 cm³/mol. The number of rotatable bonds is 6. The molecule has 0 bridgehead atoms. The number of nitrogens with zero attached hydrogens (tertiary/aromatic N) is 2. The number of hydrogen-bond acceptors (Lipinski definition) is 5. The van der Waals surface area contributed by atoms with E-state index < -0.39 is 35.2 Å². The summed E-state index contributed by atoms with van der Waals surface area (Å²) in [5.41, 5.74) is 1.60. The number of nitrogens with one attached hydrogen (secondary N) is 4. The van der Waals surface area contributed by atoms with E-state index in [1.54, 1.807) is 49.6 Å². The zero-order chi connectivity index (χ0) is 29.1. The SMILES string of the molecule is Cc1ccc(C2(C)NC2C(=O)c2[nH]c(C(F)(F)F)nc2-c2ccc(F)cc2)cc1NC(=O)c1c[nH]c2ncccc12. The number of alkyl halides is 3. The molecule has 2 aromatic carbocycles. The summed E-state index contributed by atoms with van der Waals surface area (Å²) >= 11 is 0. The maximum atomic E-state index is 13.6. The van der Waals surface area contributed by atoms with Gasteiger partial charge in [0.2, 0.25) is 5.82 Å². The van der Waals surface area contributed by atoms with Gasteiger partial charge in [0.1, 0.15) is 17.2 Å². The molecule has 1 aliphatic rings. The van der Waals surface area contributed by atoms with Gasteiger partial charge in [-0.15, -0.1) is 0 Å². The minimum absolute atomic E-state index is 0.164. The van der Waals surface area contributed by atoms with Crippen LogP contribution in [-0.2, 0) is 11.7 Å². The Morgan fingerprint density at radius 1 is 1.07 bits per heavy atom. The Kier molecular flexibility index (Phi) is 6.03. The van der Waals surface area contributed by atoms with Gasteiger partial charge in [-0.05, 0) is 67.4 Å². The fraction of sp³-hybridized carbons (Fsp3) is 0.172. The van der Waals surface area contributed by atoms with Gasteiger partial charge in [-0.25, -0.2) is 14.4 Å². The third-order valence-electron chi connectivity index (χ3n) is 7.32. The lowest BCUT2D eigenvalue weighted by atomic mass is 9.92. The topological polar surface area (TPSA) is 125 Å². The van der Waals surface area contributed by atoms with Crippen LogP contribution in [0.3, 0.4) is 0 Å². The van der Waals surface area contributed by atoms with Crippen LogP contribution in [0.25, 0.3) is 22.3 Å². The molecule has 1 amide bonds. The Labute approximate surface area is 230 Å². The molecule has 41 heavy (non-hydrogen) atoms. The molecule has 4 heterocycles. The first-order valence-electron chi connectivity index (χ1n) is 12.6. The molecular weight excluding hydrogens is 540 g/mol. The highest BCUT2D eigenvalue weighted by Gasteiger charge is 2.56. The van der Waals surface area contributed by atoms with Gasteiger partial charge in [0.05, 0.1) is 22.8 Å². The summed E-state index contributed by atoms with van der Waals surface area (Å²) in [4.78, 5) is 39.6. The predicted octanol–water partition coefficient (Wildman–Crippen LogP) is 5.74. The van der Waals surface area contributed by atoms with Gasteiger partial charge in [0.25, 0.3) is 5.91 Å². The summed E-state index contributed by atoms with van der Waals surface area (Å²) < 4.78 is 54.0. The summed E-state index contributed by atoms with van der Waals surface area (Å²) in [6, 6.07) is 12.6. The highest BCUT2D eigenvalue weighted by molar-refractivity contribution is 6.12. The third-order valence-corrected chi connectivity index (χ3v) is 7.32. The number of halogens is 4. The molecule has 0 saturated carbocycles. The summed E-state index contributed by atoms with van der Waals surface area (Å²) in [6.07, 6.45) is -1.63. The van der Waals surface area contributed by atoms with E-state index in [1.807, 2.05) is 6.92 Å². The first-order chi connectivity index (χ1) is 19.5. The smallest absolute Gasteiger partial charge is 0.345 e. The molecule has 5 aromatic rings. The van der Waals surface area contributed by atoms with E-state index in [1.165, 1.54) is 12.1 Å². The summed E-state index contributed by atoms with van der Waals surface area (Å²) in [5.74, 6) is -2.89. The average molecular weight is 563 g/mol. The van der Waals surface area contributed by atoms with E-state index in [0.29, 0.717) is 27.8 Å². The Morgan fingerprint density at radius 2 is 1.83 bits per heavy atom. The Hall–Kier alpha value is -4.84. The number of hydrogen-bond donors (Lipinski definition) is 4. The number of carbonyl (C=O) groups is 2. The Balaban J connectivity index is 1.29. The fourth-order valence-corrected chi connectivity index (χ4v) is 4.90. The zero-order valence-electron chi connectivity index (χ0n) is 21.7. The standard InChI is InChI=1S/C29H22F4N6O2/c1-14-5-8-16(12-20(14)36-26(41)19-13-35-25-18(19)4-3-11-34-25)28(2)24(39-28)23(40)22-21(15-6-9-17(30)10-7-15)37-27(38-22)29(31,32)33/h3-13,24,39H,1-2H3,(H,34,35)(H,36,41)(H,37,38). The van der Waals surface area contributed by atoms with Crippen LogP contribution in [0, 0.1) is 12.7 Å². The first-order valence-corrected chi connectivity index (χ1v) is 12.6. The van der Waals surface area contributed by atoms with E-state index >= 15 is 0 Å². The molecule has 1 aliphatic heterocycles. The molecule has 4 N–H and O–H groups in total. The summed E-state index contributed by atoms with van der Waals surface area (Å²) in [6.45, 7) is 3.56. The third kappa shape index (κ3) is 4.65. The van der Waals surface area contributed by atoms with E-state index in [0.717, 1.165) is 17.7 Å². The van der Waals surface area contributed by atoms with Crippen molar-refractivity contribution >= 4 is 28.4 Å². The number of amides is 1. The van der Waals surface area contributed by atoms with Crippen LogP contribution in [0.1, 0.15) is 44.7 Å². The number of aryl methyl sites for hydroxylation is 1. The molecule has 1 fully saturated rings. The van der Waals surface area contributed by atoms with Gasteiger partial charge in [0, 0.05) is 29.0 Å². The number of ketones is 1. The number of H-pyrrole nitrogens is 2. The molecule has 2 unspecified atom stereocenters. The number of Topliss-reactive ketones (excluding diaryl/α,β-unsaturated/α-hetero) is 1. The maximum Gasteiger partial charge on any atom is 0.449 e. The van der Waals surface area contributed by atoms with Crippen LogP contribution in [0.15, 0.2) is 67.0 Å². The van der Waals surface area contributed by atoms with Crippen LogP contribution < -0.4 is 10.6 Å². The van der Waals surface area contributed by atoms with Crippen molar-refractivity contribution in [3.8, 4) is 11.3 Å². The van der Waals surface area contributed by atoms with Gasteiger partial charge in [-0.2, -0.15) is 13.2 Å². The quantitative estimate of drug-likeness (QED) is 0.119. The van der Waals surface area contributed by atoms with Crippen molar-refractivity contribution in [3.63, 3.8) is 0 Å². The second kappa shape index (κ2) is 9.37. The highest BCUT2D eigenvalue weighted by Crippen LogP contribution is 2.42. The average Bonchev–Trinajstić information content (AvgIpc) is 3.27. The second-order valence-corrected chi connectivity index (χ2v) is 10.0. The second-order valence-electron chi connectivity index (χ2n) is 10.0. The number of aromatic nitrogens is 4. The molecule has 8 nitrogen and oxygen atoms in total. The van der Waals surface area contributed by atoms with Crippen LogP contribution in [0.4, 0.5) is 23.2 Å². The molecule has 1 saturated heterocycles. The van der Waals surface area contributed by atoms with Gasteiger partial charge in [-0.1, -0.05) is 12.1 Å². The van der Waals surface area contributed by atoms with Crippen LogP contribution in [0.2, 0.25) is 0 Å². The maximum absolute atomic E-state index is 13.6. The van der Waals surface area contributed by atoms with Crippen LogP contribution >= 0.6 is 0 Å². The van der Waals surface area contributed by atoms with E-state index in [-0.39, 0.29) is 22.9 Å². The molecule has 3 aromatic heterocycles. The molecule has 0 spiro atoms. The molecule has 6 rings (SSSR count). The van der Waals surface area contributed by atoms with Crippen molar-refractivity contribution in [2.24, 2.45) is 0 Å². The lowest BCUT2D eigenvalue weighted by Gasteiger charge is -2.14. The first kappa shape index (κ1) is 26.4. The summed E-state index contributed by atoms with van der Waals surface area (Å²) in [7, 11) is 0. The molecular formula is C29H22F4N6O2. The number of benzene rings is 2. The lowest BCUT2D eigenvalue weighted by molar-refractivity contribution is -0.144. The molecule has 0 radical (unpaired) electrons. The van der Waals surface area contributed by atoms with Crippen LogP contribution in [0.5, 0.6) is 0 Å². The zero-order valence-corrected chi connectivity index (χ0v) is 21.7. The minimum atomic E-state index is -4.82. The van der Waals surface area contributed by atoms with Gasteiger partial charge < -0.3 is 15.3 Å². The van der Waals surface area contributed by atoms with Crippen molar-refractivity contribution < 1.29 is 27.2 Å². The number of aromatic amines is 2. The Morgan fingerprint density at radius 3 is 2.56 bits per heavy atom. The monoisotopic (exact) mass is 562 g/mol. The van der Waals surface area contributed by atoms with E-state index in [2.05, 4.69) is 30.6 Å². The Bertz CT molecular complexity index is 1830. The minimum Gasteiger partial charge on any atom is -0.345 e. The number of carbonyl (C=O) groups excluding carboxylic acids is 2. The van der Waals surface area contributed by atoms with Gasteiger partial charge in [-0.3, -0.25) is 14.9 Å². The van der Waals surface area contributed by atoms with Crippen molar-refractivity contribution in [1.82, 2.24) is 25.3 Å². The molecule has 2 atom stereocenters. The van der Waals surface area contributed by atoms with Crippen molar-refractivity contribution in [3.05, 3.63) is 101 Å². The summed E-state index contributed by atoms with van der Waals surface area (Å²) in [5, 5.41) is 6.65. The normalized spacial score (nSPS) is 18.4. The number of anilines is 1. The highest BCUT2D eigenvalue weighted by atomic mass is 19.4. The number of pyridine rings is 1. The van der Waals surface area contributed by atoms with Gasteiger partial charge >= 0.3 is 6.18 Å². The van der Waals surface area contributed by atoms with E-state index in [9.17, 15) is 27.2 Å². The van der Waals surface area contributed by atoms with E-state index in [4.69, 9.17) is 0 Å². The number of imidazole rings is 1. The number of fused-ring (bicyclic) bond motifs is 1. The molecule has 208 valence electrons.